The average Bonchev–Trinajstić information content (AvgIpc) is 2.37. The molecule has 0 bridgehead atoms. The van der Waals surface area contributed by atoms with Crippen LogP contribution in [0, 0.1) is 12.3 Å². The summed E-state index contributed by atoms with van der Waals surface area (Å²) in [6.45, 7) is 0.199. The van der Waals surface area contributed by atoms with Gasteiger partial charge in [0.1, 0.15) is 0 Å². The summed E-state index contributed by atoms with van der Waals surface area (Å²) in [6.07, 6.45) is 4.93. The molecule has 1 aromatic rings. The van der Waals surface area contributed by atoms with E-state index in [2.05, 4.69) is 11.2 Å². The molecule has 94 valence electrons. The van der Waals surface area contributed by atoms with Gasteiger partial charge in [0.2, 0.25) is 0 Å². The fourth-order valence-electron chi connectivity index (χ4n) is 1.39. The van der Waals surface area contributed by atoms with Crippen LogP contribution in [0.4, 0.5) is 10.5 Å². The van der Waals surface area contributed by atoms with Gasteiger partial charge in [-0.05, 0) is 12.1 Å². The van der Waals surface area contributed by atoms with Crippen molar-refractivity contribution in [3.63, 3.8) is 0 Å². The van der Waals surface area contributed by atoms with Gasteiger partial charge >= 0.3 is 12.0 Å². The number of benzene rings is 1. The number of para-hydroxylation sites is 1. The number of rotatable bonds is 5. The number of anilines is 1. The van der Waals surface area contributed by atoms with Crippen LogP contribution in [-0.4, -0.2) is 30.2 Å². The highest BCUT2D eigenvalue weighted by molar-refractivity contribution is 5.92. The zero-order valence-corrected chi connectivity index (χ0v) is 9.80. The lowest BCUT2D eigenvalue weighted by atomic mass is 10.3. The normalized spacial score (nSPS) is 9.28. The first kappa shape index (κ1) is 13.6. The first-order valence-corrected chi connectivity index (χ1v) is 5.41. The van der Waals surface area contributed by atoms with Gasteiger partial charge in [0, 0.05) is 12.2 Å². The Hall–Kier alpha value is -2.48. The highest BCUT2D eigenvalue weighted by Crippen LogP contribution is 2.13. The molecule has 0 aliphatic rings. The van der Waals surface area contributed by atoms with Crippen LogP contribution in [0.25, 0.3) is 0 Å². The molecule has 18 heavy (non-hydrogen) atoms. The fraction of sp³-hybridized carbons (Fsp3) is 0.231. The maximum atomic E-state index is 11.8. The Labute approximate surface area is 105 Å². The third-order valence-electron chi connectivity index (χ3n) is 2.20. The number of aliphatic carboxylic acids is 1. The summed E-state index contributed by atoms with van der Waals surface area (Å²) in [6, 6.07) is 8.43. The van der Waals surface area contributed by atoms with Crippen LogP contribution in [0.15, 0.2) is 30.3 Å². The molecule has 0 aromatic heterocycles. The number of carbonyl (C=O) groups is 2. The lowest BCUT2D eigenvalue weighted by molar-refractivity contribution is -0.136. The molecular weight excluding hydrogens is 232 g/mol. The monoisotopic (exact) mass is 246 g/mol. The molecule has 1 aromatic carbocycles. The zero-order valence-electron chi connectivity index (χ0n) is 9.80. The molecule has 0 saturated carbocycles. The Kier molecular flexibility index (Phi) is 5.26. The predicted octanol–water partition coefficient (Wildman–Crippen LogP) is 1.31. The molecule has 0 aliphatic carbocycles. The highest BCUT2D eigenvalue weighted by atomic mass is 16.4. The largest absolute Gasteiger partial charge is 0.481 e. The number of urea groups is 1. The minimum atomic E-state index is -0.958. The van der Waals surface area contributed by atoms with Gasteiger partial charge in [0.25, 0.3) is 0 Å². The maximum Gasteiger partial charge on any atom is 0.322 e. The number of terminal acetylenes is 1. The molecule has 0 spiro atoms. The molecule has 0 heterocycles. The van der Waals surface area contributed by atoms with Crippen LogP contribution in [0.2, 0.25) is 0 Å². The Balaban J connectivity index is 2.78. The summed E-state index contributed by atoms with van der Waals surface area (Å²) >= 11 is 0. The minimum absolute atomic E-state index is 0.0930. The van der Waals surface area contributed by atoms with Crippen molar-refractivity contribution in [2.45, 2.75) is 6.42 Å². The van der Waals surface area contributed by atoms with Crippen molar-refractivity contribution < 1.29 is 14.7 Å². The van der Waals surface area contributed by atoms with Crippen LogP contribution in [0.5, 0.6) is 0 Å². The zero-order chi connectivity index (χ0) is 13.4. The van der Waals surface area contributed by atoms with E-state index in [0.29, 0.717) is 5.69 Å². The predicted molar refractivity (Wildman–Crippen MR) is 68.3 cm³/mol. The molecule has 5 nitrogen and oxygen atoms in total. The van der Waals surface area contributed by atoms with Crippen molar-refractivity contribution in [1.29, 1.82) is 0 Å². The van der Waals surface area contributed by atoms with E-state index in [-0.39, 0.29) is 19.5 Å². The van der Waals surface area contributed by atoms with E-state index >= 15 is 0 Å². The topological polar surface area (TPSA) is 69.6 Å². The quantitative estimate of drug-likeness (QED) is 0.770. The Morgan fingerprint density at radius 3 is 2.56 bits per heavy atom. The third-order valence-corrected chi connectivity index (χ3v) is 2.20. The van der Waals surface area contributed by atoms with Crippen LogP contribution in [0.3, 0.4) is 0 Å². The first-order chi connectivity index (χ1) is 8.65. The van der Waals surface area contributed by atoms with E-state index in [1.807, 2.05) is 6.07 Å². The van der Waals surface area contributed by atoms with Crippen LogP contribution in [-0.2, 0) is 4.79 Å². The molecule has 2 amide bonds. The first-order valence-electron chi connectivity index (χ1n) is 5.41. The SMILES string of the molecule is C#CCNC(=O)N(CCC(=O)O)c1ccccc1. The van der Waals surface area contributed by atoms with E-state index in [1.54, 1.807) is 24.3 Å². The summed E-state index contributed by atoms with van der Waals surface area (Å²) in [5.41, 5.74) is 0.633. The smallest absolute Gasteiger partial charge is 0.322 e. The van der Waals surface area contributed by atoms with Gasteiger partial charge < -0.3 is 10.4 Å². The summed E-state index contributed by atoms with van der Waals surface area (Å²) in [4.78, 5) is 23.8. The lowest BCUT2D eigenvalue weighted by Crippen LogP contribution is -2.41. The van der Waals surface area contributed by atoms with E-state index in [1.165, 1.54) is 4.90 Å². The molecule has 0 fully saturated rings. The number of nitrogens with zero attached hydrogens (tertiary/aromatic N) is 1. The fourth-order valence-corrected chi connectivity index (χ4v) is 1.39. The standard InChI is InChI=1S/C13H14N2O3/c1-2-9-14-13(18)15(10-8-12(16)17)11-6-4-3-5-7-11/h1,3-7H,8-10H2,(H,14,18)(H,16,17). The average molecular weight is 246 g/mol. The van der Waals surface area contributed by atoms with Gasteiger partial charge in [0.15, 0.2) is 0 Å². The van der Waals surface area contributed by atoms with Gasteiger partial charge in [-0.25, -0.2) is 4.79 Å². The van der Waals surface area contributed by atoms with Gasteiger partial charge in [-0.15, -0.1) is 6.42 Å². The number of hydrogen-bond acceptors (Lipinski definition) is 2. The molecule has 2 N–H and O–H groups in total. The molecular formula is C13H14N2O3. The number of nitrogens with one attached hydrogen (secondary N) is 1. The lowest BCUT2D eigenvalue weighted by Gasteiger charge is -2.21. The van der Waals surface area contributed by atoms with Crippen molar-refractivity contribution in [3.05, 3.63) is 30.3 Å². The summed E-state index contributed by atoms with van der Waals surface area (Å²) in [5, 5.41) is 11.2. The Morgan fingerprint density at radius 1 is 1.33 bits per heavy atom. The van der Waals surface area contributed by atoms with Gasteiger partial charge in [-0.3, -0.25) is 9.69 Å². The van der Waals surface area contributed by atoms with Gasteiger partial charge in [-0.2, -0.15) is 0 Å². The van der Waals surface area contributed by atoms with Crippen LogP contribution >= 0.6 is 0 Å². The molecule has 0 saturated heterocycles. The number of carboxylic acid groups (broad SMARTS) is 1. The number of carboxylic acids is 1. The van der Waals surface area contributed by atoms with Crippen LogP contribution in [0.1, 0.15) is 6.42 Å². The van der Waals surface area contributed by atoms with Crippen molar-refractivity contribution in [2.75, 3.05) is 18.0 Å². The molecule has 1 rings (SSSR count). The number of carbonyl (C=O) groups excluding carboxylic acids is 1. The number of amides is 2. The summed E-state index contributed by atoms with van der Waals surface area (Å²) in [7, 11) is 0. The van der Waals surface area contributed by atoms with E-state index < -0.39 is 12.0 Å². The van der Waals surface area contributed by atoms with E-state index in [9.17, 15) is 9.59 Å². The van der Waals surface area contributed by atoms with Crippen molar-refractivity contribution in [3.8, 4) is 12.3 Å². The van der Waals surface area contributed by atoms with E-state index in [4.69, 9.17) is 11.5 Å². The second kappa shape index (κ2) is 6.97. The minimum Gasteiger partial charge on any atom is -0.481 e. The van der Waals surface area contributed by atoms with Crippen molar-refractivity contribution >= 4 is 17.7 Å². The highest BCUT2D eigenvalue weighted by Gasteiger charge is 2.15. The second-order valence-corrected chi connectivity index (χ2v) is 3.49. The molecule has 0 aliphatic heterocycles. The number of hydrogen-bond donors (Lipinski definition) is 2. The van der Waals surface area contributed by atoms with Crippen LogP contribution < -0.4 is 10.2 Å². The van der Waals surface area contributed by atoms with Gasteiger partial charge in [0.05, 0.1) is 13.0 Å². The second-order valence-electron chi connectivity index (χ2n) is 3.49. The third kappa shape index (κ3) is 4.18. The Bertz CT molecular complexity index is 451. The molecule has 5 heteroatoms. The van der Waals surface area contributed by atoms with Gasteiger partial charge in [-0.1, -0.05) is 24.1 Å². The van der Waals surface area contributed by atoms with Crippen molar-refractivity contribution in [2.24, 2.45) is 0 Å². The molecule has 0 atom stereocenters. The van der Waals surface area contributed by atoms with Crippen molar-refractivity contribution in [1.82, 2.24) is 5.32 Å². The Morgan fingerprint density at radius 2 is 2.00 bits per heavy atom. The van der Waals surface area contributed by atoms with E-state index in [0.717, 1.165) is 0 Å². The maximum absolute atomic E-state index is 11.8. The molecule has 0 radical (unpaired) electrons. The summed E-state index contributed by atoms with van der Waals surface area (Å²) < 4.78 is 0. The molecule has 0 unspecified atom stereocenters. The summed E-state index contributed by atoms with van der Waals surface area (Å²) in [5.74, 6) is 1.34.